The van der Waals surface area contributed by atoms with Crippen LogP contribution in [0.3, 0.4) is 0 Å². The van der Waals surface area contributed by atoms with Crippen LogP contribution in [-0.2, 0) is 17.7 Å². The molecule has 0 aromatic carbocycles. The summed E-state index contributed by atoms with van der Waals surface area (Å²) in [6.07, 6.45) is 5.96. The molecule has 1 aromatic heterocycles. The fourth-order valence-corrected chi connectivity index (χ4v) is 1.54. The molecule has 2 N–H and O–H groups in total. The van der Waals surface area contributed by atoms with Crippen LogP contribution in [0.1, 0.15) is 25.4 Å². The minimum atomic E-state index is -0.268. The van der Waals surface area contributed by atoms with Gasteiger partial charge in [-0.1, -0.05) is 5.92 Å². The third-order valence-electron chi connectivity index (χ3n) is 2.67. The smallest absolute Gasteiger partial charge is 0.127 e. The quantitative estimate of drug-likeness (QED) is 0.781. The zero-order valence-electron chi connectivity index (χ0n) is 10.4. The highest BCUT2D eigenvalue weighted by Gasteiger charge is 2.22. The average Bonchev–Trinajstić information content (AvgIpc) is 2.46. The fraction of sp³-hybridized carbons (Fsp3) is 0.583. The highest BCUT2D eigenvalue weighted by Crippen LogP contribution is 2.21. The van der Waals surface area contributed by atoms with Crippen molar-refractivity contribution in [3.8, 4) is 12.3 Å². The Balaban J connectivity index is 3.00. The van der Waals surface area contributed by atoms with Gasteiger partial charge in [-0.05, 0) is 20.8 Å². The van der Waals surface area contributed by atoms with Crippen molar-refractivity contribution in [1.29, 1.82) is 0 Å². The van der Waals surface area contributed by atoms with Gasteiger partial charge in [-0.15, -0.1) is 6.42 Å². The predicted octanol–water partition coefficient (Wildman–Crippen LogP) is 1.37. The van der Waals surface area contributed by atoms with Crippen LogP contribution in [-0.4, -0.2) is 22.3 Å². The lowest BCUT2D eigenvalue weighted by Crippen LogP contribution is -2.26. The van der Waals surface area contributed by atoms with Crippen molar-refractivity contribution in [1.82, 2.24) is 9.55 Å². The van der Waals surface area contributed by atoms with Gasteiger partial charge in [-0.2, -0.15) is 0 Å². The second-order valence-corrected chi connectivity index (χ2v) is 4.42. The summed E-state index contributed by atoms with van der Waals surface area (Å²) >= 11 is 0. The Bertz CT molecular complexity index is 413. The molecule has 1 rings (SSSR count). The van der Waals surface area contributed by atoms with Crippen molar-refractivity contribution in [3.05, 3.63) is 11.5 Å². The van der Waals surface area contributed by atoms with Crippen LogP contribution in [0.2, 0.25) is 0 Å². The van der Waals surface area contributed by atoms with Gasteiger partial charge in [0.05, 0.1) is 17.8 Å². The van der Waals surface area contributed by atoms with Crippen molar-refractivity contribution in [3.63, 3.8) is 0 Å². The van der Waals surface area contributed by atoms with E-state index in [9.17, 15) is 0 Å². The Morgan fingerprint density at radius 3 is 2.69 bits per heavy atom. The van der Waals surface area contributed by atoms with Crippen LogP contribution >= 0.6 is 0 Å². The number of nitrogens with zero attached hydrogens (tertiary/aromatic N) is 2. The van der Waals surface area contributed by atoms with Crippen LogP contribution < -0.4 is 5.73 Å². The Morgan fingerprint density at radius 1 is 1.56 bits per heavy atom. The van der Waals surface area contributed by atoms with E-state index in [1.807, 2.05) is 25.3 Å². The molecule has 0 aliphatic heterocycles. The van der Waals surface area contributed by atoms with Crippen molar-refractivity contribution in [2.45, 2.75) is 39.3 Å². The highest BCUT2D eigenvalue weighted by molar-refractivity contribution is 5.39. The van der Waals surface area contributed by atoms with E-state index in [2.05, 4.69) is 10.9 Å². The molecule has 0 aliphatic rings. The molecule has 0 saturated carbocycles. The Kier molecular flexibility index (Phi) is 3.61. The van der Waals surface area contributed by atoms with Crippen LogP contribution in [0.15, 0.2) is 0 Å². The second kappa shape index (κ2) is 4.58. The summed E-state index contributed by atoms with van der Waals surface area (Å²) in [6.45, 7) is 6.36. The van der Waals surface area contributed by atoms with Crippen molar-refractivity contribution >= 4 is 5.82 Å². The molecular formula is C12H19N3O. The first-order valence-corrected chi connectivity index (χ1v) is 5.21. The van der Waals surface area contributed by atoms with E-state index in [-0.39, 0.29) is 5.60 Å². The summed E-state index contributed by atoms with van der Waals surface area (Å²) in [4.78, 5) is 4.42. The van der Waals surface area contributed by atoms with Crippen LogP contribution in [0.5, 0.6) is 0 Å². The zero-order valence-corrected chi connectivity index (χ0v) is 10.4. The molecule has 16 heavy (non-hydrogen) atoms. The number of hydrogen-bond donors (Lipinski definition) is 1. The average molecular weight is 221 g/mol. The molecule has 0 bridgehead atoms. The molecule has 0 atom stereocenters. The topological polar surface area (TPSA) is 53.1 Å². The monoisotopic (exact) mass is 221 g/mol. The van der Waals surface area contributed by atoms with E-state index in [4.69, 9.17) is 16.9 Å². The van der Waals surface area contributed by atoms with Gasteiger partial charge in [0.1, 0.15) is 11.6 Å². The van der Waals surface area contributed by atoms with E-state index >= 15 is 0 Å². The molecular weight excluding hydrogens is 202 g/mol. The molecule has 1 heterocycles. The van der Waals surface area contributed by atoms with Gasteiger partial charge >= 0.3 is 0 Å². The van der Waals surface area contributed by atoms with Gasteiger partial charge in [-0.25, -0.2) is 4.98 Å². The Labute approximate surface area is 96.8 Å². The number of aromatic nitrogens is 2. The number of aryl methyl sites for hydroxylation is 1. The van der Waals surface area contributed by atoms with Gasteiger partial charge in [-0.3, -0.25) is 0 Å². The number of methoxy groups -OCH3 is 1. The van der Waals surface area contributed by atoms with Gasteiger partial charge in [0.15, 0.2) is 0 Å². The third-order valence-corrected chi connectivity index (χ3v) is 2.67. The number of nitrogen functional groups attached to an aromatic ring is 1. The first-order chi connectivity index (χ1) is 7.41. The van der Waals surface area contributed by atoms with Crippen molar-refractivity contribution in [2.75, 3.05) is 12.8 Å². The number of hydrogen-bond acceptors (Lipinski definition) is 3. The summed E-state index contributed by atoms with van der Waals surface area (Å²) < 4.78 is 7.19. The molecule has 4 heteroatoms. The van der Waals surface area contributed by atoms with Gasteiger partial charge in [0.25, 0.3) is 0 Å². The molecule has 0 saturated heterocycles. The maximum Gasteiger partial charge on any atom is 0.127 e. The lowest BCUT2D eigenvalue weighted by molar-refractivity contribution is 0.0226. The lowest BCUT2D eigenvalue weighted by Gasteiger charge is -2.21. The normalized spacial score (nSPS) is 11.4. The predicted molar refractivity (Wildman–Crippen MR) is 65.0 cm³/mol. The van der Waals surface area contributed by atoms with Gasteiger partial charge in [0.2, 0.25) is 0 Å². The van der Waals surface area contributed by atoms with Gasteiger partial charge in [0, 0.05) is 13.5 Å². The number of ether oxygens (including phenoxy) is 1. The first kappa shape index (κ1) is 12.6. The highest BCUT2D eigenvalue weighted by atomic mass is 16.5. The summed E-state index contributed by atoms with van der Waals surface area (Å²) in [5.74, 6) is 4.05. The van der Waals surface area contributed by atoms with E-state index in [1.165, 1.54) is 0 Å². The number of anilines is 1. The Hall–Kier alpha value is -1.47. The summed E-state index contributed by atoms with van der Waals surface area (Å²) in [5, 5.41) is 0. The summed E-state index contributed by atoms with van der Waals surface area (Å²) in [7, 11) is 1.68. The van der Waals surface area contributed by atoms with E-state index in [1.54, 1.807) is 7.11 Å². The second-order valence-electron chi connectivity index (χ2n) is 4.42. The number of rotatable bonds is 4. The van der Waals surface area contributed by atoms with E-state index in [0.717, 1.165) is 11.5 Å². The number of nitrogens with two attached hydrogens (primary N) is 1. The third kappa shape index (κ3) is 2.56. The zero-order chi connectivity index (χ0) is 12.3. The minimum absolute atomic E-state index is 0.268. The van der Waals surface area contributed by atoms with Crippen LogP contribution in [0.4, 0.5) is 5.82 Å². The van der Waals surface area contributed by atoms with E-state index in [0.29, 0.717) is 18.8 Å². The summed E-state index contributed by atoms with van der Waals surface area (Å²) in [6, 6.07) is 0. The molecule has 0 fully saturated rings. The molecule has 0 amide bonds. The molecule has 0 spiro atoms. The molecule has 0 aliphatic carbocycles. The molecule has 88 valence electrons. The SMILES string of the molecule is C#CCn1c(C)nc(CC(C)(C)OC)c1N. The molecule has 0 radical (unpaired) electrons. The largest absolute Gasteiger partial charge is 0.384 e. The maximum absolute atomic E-state index is 6.00. The van der Waals surface area contributed by atoms with Crippen LogP contribution in [0.25, 0.3) is 0 Å². The van der Waals surface area contributed by atoms with Crippen molar-refractivity contribution in [2.24, 2.45) is 0 Å². The molecule has 4 nitrogen and oxygen atoms in total. The molecule has 0 unspecified atom stereocenters. The first-order valence-electron chi connectivity index (χ1n) is 5.21. The van der Waals surface area contributed by atoms with Gasteiger partial charge < -0.3 is 15.0 Å². The molecule has 1 aromatic rings. The fourth-order valence-electron chi connectivity index (χ4n) is 1.54. The lowest BCUT2D eigenvalue weighted by atomic mass is 10.0. The van der Waals surface area contributed by atoms with Crippen molar-refractivity contribution < 1.29 is 4.74 Å². The minimum Gasteiger partial charge on any atom is -0.384 e. The summed E-state index contributed by atoms with van der Waals surface area (Å²) in [5.41, 5.74) is 6.58. The standard InChI is InChI=1S/C12H19N3O/c1-6-7-15-9(2)14-10(11(15)13)8-12(3,4)16-5/h1H,7-8,13H2,2-5H3. The van der Waals surface area contributed by atoms with Crippen LogP contribution in [0, 0.1) is 19.3 Å². The maximum atomic E-state index is 6.00. The van der Waals surface area contributed by atoms with E-state index < -0.39 is 0 Å². The number of imidazole rings is 1. The number of terminal acetylenes is 1. The Morgan fingerprint density at radius 2 is 2.19 bits per heavy atom.